The van der Waals surface area contributed by atoms with E-state index in [2.05, 4.69) is 5.32 Å². The van der Waals surface area contributed by atoms with Gasteiger partial charge in [0, 0.05) is 24.1 Å². The highest BCUT2D eigenvalue weighted by Crippen LogP contribution is 2.36. The monoisotopic (exact) mass is 308 g/mol. The summed E-state index contributed by atoms with van der Waals surface area (Å²) in [7, 11) is 0. The molecule has 20 heavy (non-hydrogen) atoms. The van der Waals surface area contributed by atoms with Crippen molar-refractivity contribution in [3.8, 4) is 0 Å². The first-order chi connectivity index (χ1) is 9.46. The van der Waals surface area contributed by atoms with Gasteiger partial charge in [0.05, 0.1) is 0 Å². The van der Waals surface area contributed by atoms with Crippen molar-refractivity contribution in [3.05, 3.63) is 29.8 Å². The molecule has 0 heterocycles. The van der Waals surface area contributed by atoms with Crippen LogP contribution in [0, 0.1) is 0 Å². The molecule has 1 aromatic carbocycles. The van der Waals surface area contributed by atoms with Gasteiger partial charge >= 0.3 is 5.51 Å². The van der Waals surface area contributed by atoms with Crippen LogP contribution in [0.25, 0.3) is 0 Å². The van der Waals surface area contributed by atoms with E-state index in [9.17, 15) is 13.2 Å². The number of hydrogen-bond donors (Lipinski definition) is 3. The van der Waals surface area contributed by atoms with Crippen molar-refractivity contribution >= 4 is 11.8 Å². The van der Waals surface area contributed by atoms with Gasteiger partial charge < -0.3 is 16.2 Å². The van der Waals surface area contributed by atoms with E-state index in [-0.39, 0.29) is 29.3 Å². The van der Waals surface area contributed by atoms with Gasteiger partial charge in [-0.2, -0.15) is 13.2 Å². The third-order valence-electron chi connectivity index (χ3n) is 2.73. The number of alkyl halides is 3. The largest absolute Gasteiger partial charge is 0.446 e. The Hall–Kier alpha value is -0.760. The van der Waals surface area contributed by atoms with Gasteiger partial charge in [0.25, 0.3) is 0 Å². The Labute approximate surface area is 120 Å². The summed E-state index contributed by atoms with van der Waals surface area (Å²) in [5.74, 6) is 0. The van der Waals surface area contributed by atoms with E-state index < -0.39 is 5.51 Å². The van der Waals surface area contributed by atoms with Gasteiger partial charge in [0.2, 0.25) is 0 Å². The van der Waals surface area contributed by atoms with E-state index in [0.29, 0.717) is 19.5 Å². The van der Waals surface area contributed by atoms with Crippen molar-refractivity contribution < 1.29 is 18.3 Å². The first kappa shape index (κ1) is 17.3. The van der Waals surface area contributed by atoms with Crippen LogP contribution in [0.1, 0.15) is 24.4 Å². The molecular weight excluding hydrogens is 289 g/mol. The predicted octanol–water partition coefficient (Wildman–Crippen LogP) is 2.66. The summed E-state index contributed by atoms with van der Waals surface area (Å²) in [4.78, 5) is 0.164. The molecule has 4 N–H and O–H groups in total. The number of rotatable bonds is 8. The van der Waals surface area contributed by atoms with Crippen LogP contribution in [0.4, 0.5) is 13.2 Å². The fraction of sp³-hybridized carbons (Fsp3) is 0.538. The van der Waals surface area contributed by atoms with Crippen LogP contribution >= 0.6 is 11.8 Å². The Morgan fingerprint density at radius 3 is 2.35 bits per heavy atom. The number of benzene rings is 1. The maximum absolute atomic E-state index is 12.2. The molecule has 0 aliphatic carbocycles. The zero-order valence-electron chi connectivity index (χ0n) is 11.0. The summed E-state index contributed by atoms with van der Waals surface area (Å²) in [5, 5.41) is 11.9. The van der Waals surface area contributed by atoms with E-state index in [1.807, 2.05) is 0 Å². The molecule has 0 saturated carbocycles. The third kappa shape index (κ3) is 6.60. The van der Waals surface area contributed by atoms with E-state index in [4.69, 9.17) is 10.8 Å². The van der Waals surface area contributed by atoms with E-state index in [1.165, 1.54) is 12.1 Å². The lowest BCUT2D eigenvalue weighted by molar-refractivity contribution is -0.0328. The average Bonchev–Trinajstić information content (AvgIpc) is 2.38. The van der Waals surface area contributed by atoms with Crippen LogP contribution in [0.5, 0.6) is 0 Å². The van der Waals surface area contributed by atoms with Gasteiger partial charge in [-0.15, -0.1) is 0 Å². The Morgan fingerprint density at radius 1 is 1.20 bits per heavy atom. The number of aliphatic hydroxyl groups is 1. The molecule has 1 atom stereocenters. The molecule has 1 aromatic rings. The molecule has 1 unspecified atom stereocenters. The summed E-state index contributed by atoms with van der Waals surface area (Å²) in [6.45, 7) is 1.23. The van der Waals surface area contributed by atoms with Crippen molar-refractivity contribution in [1.29, 1.82) is 0 Å². The highest BCUT2D eigenvalue weighted by Gasteiger charge is 2.29. The SMILES string of the molecule is NCC(NCCCCO)c1ccc(SC(F)(F)F)cc1. The summed E-state index contributed by atoms with van der Waals surface area (Å²) >= 11 is -0.126. The maximum Gasteiger partial charge on any atom is 0.446 e. The Balaban J connectivity index is 2.56. The van der Waals surface area contributed by atoms with Gasteiger partial charge in [-0.25, -0.2) is 0 Å². The molecule has 0 aliphatic rings. The third-order valence-corrected chi connectivity index (χ3v) is 3.47. The van der Waals surface area contributed by atoms with Crippen molar-refractivity contribution in [1.82, 2.24) is 5.32 Å². The summed E-state index contributed by atoms with van der Waals surface area (Å²) in [6, 6.07) is 6.13. The number of nitrogens with two attached hydrogens (primary N) is 1. The molecular formula is C13H19F3N2OS. The predicted molar refractivity (Wildman–Crippen MR) is 74.5 cm³/mol. The Morgan fingerprint density at radius 2 is 1.85 bits per heavy atom. The van der Waals surface area contributed by atoms with Crippen LogP contribution < -0.4 is 11.1 Å². The Kier molecular flexibility index (Phi) is 7.36. The minimum absolute atomic E-state index is 0.0846. The lowest BCUT2D eigenvalue weighted by Gasteiger charge is -2.17. The van der Waals surface area contributed by atoms with E-state index >= 15 is 0 Å². The molecule has 1 rings (SSSR count). The maximum atomic E-state index is 12.2. The smallest absolute Gasteiger partial charge is 0.396 e. The van der Waals surface area contributed by atoms with Crippen LogP contribution in [0.2, 0.25) is 0 Å². The molecule has 114 valence electrons. The van der Waals surface area contributed by atoms with Crippen molar-refractivity contribution in [2.24, 2.45) is 5.73 Å². The fourth-order valence-corrected chi connectivity index (χ4v) is 2.29. The van der Waals surface area contributed by atoms with E-state index in [0.717, 1.165) is 12.0 Å². The number of hydrogen-bond acceptors (Lipinski definition) is 4. The summed E-state index contributed by atoms with van der Waals surface area (Å²) in [5.41, 5.74) is 2.26. The van der Waals surface area contributed by atoms with Crippen molar-refractivity contribution in [3.63, 3.8) is 0 Å². The molecule has 0 spiro atoms. The van der Waals surface area contributed by atoms with Crippen molar-refractivity contribution in [2.45, 2.75) is 29.3 Å². The quantitative estimate of drug-likeness (QED) is 0.510. The molecule has 0 saturated heterocycles. The van der Waals surface area contributed by atoms with Gasteiger partial charge in [-0.1, -0.05) is 12.1 Å². The van der Waals surface area contributed by atoms with Gasteiger partial charge in [0.1, 0.15) is 0 Å². The number of aliphatic hydroxyl groups excluding tert-OH is 1. The van der Waals surface area contributed by atoms with Crippen LogP contribution in [0.3, 0.4) is 0 Å². The second kappa shape index (κ2) is 8.51. The minimum Gasteiger partial charge on any atom is -0.396 e. The summed E-state index contributed by atoms with van der Waals surface area (Å²) in [6.07, 6.45) is 1.54. The molecule has 0 bridgehead atoms. The molecule has 7 heteroatoms. The summed E-state index contributed by atoms with van der Waals surface area (Å²) < 4.78 is 36.6. The number of unbranched alkanes of at least 4 members (excludes halogenated alkanes) is 1. The van der Waals surface area contributed by atoms with E-state index in [1.54, 1.807) is 12.1 Å². The average molecular weight is 308 g/mol. The van der Waals surface area contributed by atoms with Crippen molar-refractivity contribution in [2.75, 3.05) is 19.7 Å². The number of halogens is 3. The number of thioether (sulfide) groups is 1. The molecule has 0 fully saturated rings. The van der Waals surface area contributed by atoms with Crippen LogP contribution in [-0.2, 0) is 0 Å². The minimum atomic E-state index is -4.27. The van der Waals surface area contributed by atoms with Gasteiger partial charge in [-0.05, 0) is 48.8 Å². The molecule has 0 amide bonds. The first-order valence-corrected chi connectivity index (χ1v) is 7.18. The zero-order chi connectivity index (χ0) is 15.0. The lowest BCUT2D eigenvalue weighted by Crippen LogP contribution is -2.29. The highest BCUT2D eigenvalue weighted by atomic mass is 32.2. The second-order valence-electron chi connectivity index (χ2n) is 4.29. The Bertz CT molecular complexity index is 384. The second-order valence-corrected chi connectivity index (χ2v) is 5.43. The highest BCUT2D eigenvalue weighted by molar-refractivity contribution is 8.00. The fourth-order valence-electron chi connectivity index (χ4n) is 1.75. The van der Waals surface area contributed by atoms with Crippen LogP contribution in [-0.4, -0.2) is 30.3 Å². The van der Waals surface area contributed by atoms with Gasteiger partial charge in [-0.3, -0.25) is 0 Å². The normalized spacial score (nSPS) is 13.4. The molecule has 0 aliphatic heterocycles. The standard InChI is InChI=1S/C13H19F3N2OS/c14-13(15,16)20-11-5-3-10(4-6-11)12(9-17)18-7-1-2-8-19/h3-6,12,18-19H,1-2,7-9,17H2. The topological polar surface area (TPSA) is 58.3 Å². The molecule has 3 nitrogen and oxygen atoms in total. The lowest BCUT2D eigenvalue weighted by atomic mass is 10.1. The van der Waals surface area contributed by atoms with Crippen LogP contribution in [0.15, 0.2) is 29.2 Å². The molecule has 0 aromatic heterocycles. The first-order valence-electron chi connectivity index (χ1n) is 6.36. The molecule has 0 radical (unpaired) electrons. The number of nitrogens with one attached hydrogen (secondary N) is 1. The van der Waals surface area contributed by atoms with Gasteiger partial charge in [0.15, 0.2) is 0 Å². The zero-order valence-corrected chi connectivity index (χ0v) is 11.8.